The number of carbonyl (C=O) groups excluding carboxylic acids is 3. The Bertz CT molecular complexity index is 1820. The minimum atomic E-state index is -1.24. The molecule has 42 heavy (non-hydrogen) atoms. The summed E-state index contributed by atoms with van der Waals surface area (Å²) in [6, 6.07) is 27.5. The third-order valence-corrected chi connectivity index (χ3v) is 8.64. The van der Waals surface area contributed by atoms with Crippen molar-refractivity contribution >= 4 is 41.0 Å². The highest BCUT2D eigenvalue weighted by Gasteiger charge is 2.68. The van der Waals surface area contributed by atoms with Gasteiger partial charge in [0, 0.05) is 23.9 Å². The molecule has 3 amide bonds. The van der Waals surface area contributed by atoms with Gasteiger partial charge in [0.1, 0.15) is 5.69 Å². The van der Waals surface area contributed by atoms with Crippen LogP contribution in [0.15, 0.2) is 102 Å². The lowest BCUT2D eigenvalue weighted by atomic mass is 9.47. The summed E-state index contributed by atoms with van der Waals surface area (Å²) in [5.41, 5.74) is 10.7. The van der Waals surface area contributed by atoms with Crippen molar-refractivity contribution in [3.05, 3.63) is 135 Å². The number of hydrazone groups is 1. The number of nitrogens with zero attached hydrogens (tertiary/aromatic N) is 3. The van der Waals surface area contributed by atoms with E-state index >= 15 is 0 Å². The van der Waals surface area contributed by atoms with Crippen molar-refractivity contribution in [2.45, 2.75) is 11.3 Å². The van der Waals surface area contributed by atoms with E-state index in [9.17, 15) is 24.5 Å². The first-order valence-electron chi connectivity index (χ1n) is 13.4. The highest BCUT2D eigenvalue weighted by atomic mass is 16.6. The van der Waals surface area contributed by atoms with E-state index < -0.39 is 45.8 Å². The number of carbonyl (C=O) groups is 3. The number of nitro groups is 1. The average Bonchev–Trinajstić information content (AvgIpc) is 3.27. The van der Waals surface area contributed by atoms with Gasteiger partial charge < -0.3 is 5.73 Å². The van der Waals surface area contributed by atoms with E-state index in [1.165, 1.54) is 24.4 Å². The number of nitrogens with two attached hydrogens (primary N) is 1. The van der Waals surface area contributed by atoms with Gasteiger partial charge in [-0.25, -0.2) is 10.3 Å². The van der Waals surface area contributed by atoms with Crippen LogP contribution in [0.3, 0.4) is 0 Å². The third kappa shape index (κ3) is 3.32. The van der Waals surface area contributed by atoms with Crippen molar-refractivity contribution in [1.29, 1.82) is 0 Å². The van der Waals surface area contributed by atoms with Crippen molar-refractivity contribution in [2.75, 3.05) is 10.6 Å². The number of nitro benzene ring substituents is 1. The van der Waals surface area contributed by atoms with Crippen LogP contribution in [0.2, 0.25) is 0 Å². The molecule has 1 heterocycles. The second-order valence-electron chi connectivity index (χ2n) is 10.6. The monoisotopic (exact) mass is 557 g/mol. The van der Waals surface area contributed by atoms with Crippen LogP contribution in [0, 0.1) is 22.0 Å². The summed E-state index contributed by atoms with van der Waals surface area (Å²) in [6.07, 6.45) is 1.53. The fourth-order valence-electron chi connectivity index (χ4n) is 7.05. The molecule has 4 aromatic carbocycles. The maximum absolute atomic E-state index is 14.4. The standard InChI is InChI=1S/C32H23N5O5/c33-23-14-6-3-11-20(23)29(38)35-34-17-32-21-12-4-1-9-18(21)26(19-10-2-5-13-22(19)32)27-28(32)31(40)36(30(27)39)24-15-7-8-16-25(24)37(41)42/h1-17,26-28H,33H2,(H,35,38)/b34-17-/t26?,27-,28-,32?/m1/s1. The Hall–Kier alpha value is -5.64. The summed E-state index contributed by atoms with van der Waals surface area (Å²) in [6.45, 7) is 0. The molecule has 0 aromatic heterocycles. The minimum Gasteiger partial charge on any atom is -0.398 e. The molecule has 4 aromatic rings. The van der Waals surface area contributed by atoms with E-state index in [4.69, 9.17) is 5.73 Å². The molecule has 8 rings (SSSR count). The van der Waals surface area contributed by atoms with Crippen LogP contribution in [0.1, 0.15) is 38.5 Å². The van der Waals surface area contributed by atoms with Crippen molar-refractivity contribution in [3.63, 3.8) is 0 Å². The van der Waals surface area contributed by atoms with Crippen LogP contribution in [-0.4, -0.2) is 28.9 Å². The maximum atomic E-state index is 14.4. The van der Waals surface area contributed by atoms with Gasteiger partial charge in [0.15, 0.2) is 0 Å². The molecule has 2 bridgehead atoms. The van der Waals surface area contributed by atoms with Gasteiger partial charge >= 0.3 is 0 Å². The van der Waals surface area contributed by atoms with Crippen molar-refractivity contribution in [1.82, 2.24) is 5.43 Å². The predicted molar refractivity (Wildman–Crippen MR) is 155 cm³/mol. The number of anilines is 2. The summed E-state index contributed by atoms with van der Waals surface area (Å²) in [7, 11) is 0. The summed E-state index contributed by atoms with van der Waals surface area (Å²) < 4.78 is 0. The summed E-state index contributed by atoms with van der Waals surface area (Å²) in [4.78, 5) is 53.9. The number of rotatable bonds is 5. The molecule has 4 aliphatic rings. The number of nitrogen functional groups attached to an aromatic ring is 1. The molecule has 0 saturated carbocycles. The average molecular weight is 558 g/mol. The Morgan fingerprint density at radius 3 is 2.14 bits per heavy atom. The Morgan fingerprint density at radius 1 is 0.881 bits per heavy atom. The van der Waals surface area contributed by atoms with E-state index in [1.54, 1.807) is 30.3 Å². The summed E-state index contributed by atoms with van der Waals surface area (Å²) in [5, 5.41) is 16.3. The van der Waals surface area contributed by atoms with Crippen LogP contribution in [0.4, 0.5) is 17.1 Å². The van der Waals surface area contributed by atoms with Crippen molar-refractivity contribution < 1.29 is 19.3 Å². The largest absolute Gasteiger partial charge is 0.398 e. The Balaban J connectivity index is 1.42. The van der Waals surface area contributed by atoms with E-state index in [0.717, 1.165) is 27.2 Å². The number of nitrogens with one attached hydrogen (secondary N) is 1. The molecule has 3 N–H and O–H groups in total. The molecule has 10 heteroatoms. The van der Waals surface area contributed by atoms with Crippen LogP contribution >= 0.6 is 0 Å². The highest BCUT2D eigenvalue weighted by Crippen LogP contribution is 2.63. The van der Waals surface area contributed by atoms with E-state index in [0.29, 0.717) is 0 Å². The molecule has 10 nitrogen and oxygen atoms in total. The van der Waals surface area contributed by atoms with Crippen molar-refractivity contribution in [2.24, 2.45) is 16.9 Å². The fourth-order valence-corrected chi connectivity index (χ4v) is 7.05. The number of amides is 3. The quantitative estimate of drug-likeness (QED) is 0.124. The van der Waals surface area contributed by atoms with Gasteiger partial charge in [0.2, 0.25) is 11.8 Å². The van der Waals surface area contributed by atoms with Crippen molar-refractivity contribution in [3.8, 4) is 0 Å². The van der Waals surface area contributed by atoms with Gasteiger partial charge in [0.25, 0.3) is 11.6 Å². The fraction of sp³-hybridized carbons (Fsp3) is 0.125. The highest BCUT2D eigenvalue weighted by molar-refractivity contribution is 6.25. The predicted octanol–water partition coefficient (Wildman–Crippen LogP) is 4.14. The molecule has 206 valence electrons. The topological polar surface area (TPSA) is 148 Å². The van der Waals surface area contributed by atoms with Crippen LogP contribution < -0.4 is 16.1 Å². The Labute approximate surface area is 239 Å². The normalized spacial score (nSPS) is 23.4. The molecule has 0 radical (unpaired) electrons. The zero-order chi connectivity index (χ0) is 29.2. The molecule has 2 atom stereocenters. The number of benzene rings is 4. The maximum Gasteiger partial charge on any atom is 0.293 e. The smallest absolute Gasteiger partial charge is 0.293 e. The van der Waals surface area contributed by atoms with Gasteiger partial charge in [0.05, 0.1) is 27.7 Å². The van der Waals surface area contributed by atoms with E-state index in [1.807, 2.05) is 48.5 Å². The number of hydrogen-bond donors (Lipinski definition) is 2. The third-order valence-electron chi connectivity index (χ3n) is 8.64. The Kier molecular flexibility index (Phi) is 5.55. The number of imide groups is 1. The number of para-hydroxylation sites is 3. The molecular weight excluding hydrogens is 534 g/mol. The molecule has 1 saturated heterocycles. The zero-order valence-corrected chi connectivity index (χ0v) is 22.0. The lowest BCUT2D eigenvalue weighted by Gasteiger charge is -2.52. The lowest BCUT2D eigenvalue weighted by molar-refractivity contribution is -0.384. The van der Waals surface area contributed by atoms with Crippen LogP contribution in [0.25, 0.3) is 0 Å². The zero-order valence-electron chi connectivity index (χ0n) is 22.0. The van der Waals surface area contributed by atoms with Crippen LogP contribution in [0.5, 0.6) is 0 Å². The van der Waals surface area contributed by atoms with Gasteiger partial charge in [-0.05, 0) is 40.5 Å². The first-order chi connectivity index (χ1) is 20.4. The van der Waals surface area contributed by atoms with Gasteiger partial charge in [-0.2, -0.15) is 5.10 Å². The number of hydrogen-bond acceptors (Lipinski definition) is 7. The first-order valence-corrected chi connectivity index (χ1v) is 13.4. The van der Waals surface area contributed by atoms with Gasteiger partial charge in [-0.3, -0.25) is 24.5 Å². The molecule has 1 aliphatic heterocycles. The second-order valence-corrected chi connectivity index (χ2v) is 10.6. The molecule has 1 fully saturated rings. The molecular formula is C32H23N5O5. The summed E-state index contributed by atoms with van der Waals surface area (Å²) >= 11 is 0. The molecule has 0 unspecified atom stereocenters. The van der Waals surface area contributed by atoms with Crippen LogP contribution in [-0.2, 0) is 15.0 Å². The molecule has 3 aliphatic carbocycles. The summed E-state index contributed by atoms with van der Waals surface area (Å²) in [5.74, 6) is -3.83. The SMILES string of the molecule is Nc1ccccc1C(=O)N/N=C\C12c3ccccc3C(c3ccccc31)[C@H]1C(=O)N(c3ccccc3[N+](=O)[O-])C(=O)[C@@H]12. The molecule has 0 spiro atoms. The van der Waals surface area contributed by atoms with E-state index in [-0.39, 0.29) is 22.6 Å². The second kappa shape index (κ2) is 9.20. The lowest BCUT2D eigenvalue weighted by Crippen LogP contribution is -2.54. The minimum absolute atomic E-state index is 0.0700. The van der Waals surface area contributed by atoms with Gasteiger partial charge in [-0.15, -0.1) is 0 Å². The first kappa shape index (κ1) is 25.3. The van der Waals surface area contributed by atoms with E-state index in [2.05, 4.69) is 10.5 Å². The Morgan fingerprint density at radius 2 is 1.48 bits per heavy atom. The van der Waals surface area contributed by atoms with Gasteiger partial charge in [-0.1, -0.05) is 72.8 Å².